The molecule has 2 aromatic rings. The Bertz CT molecular complexity index is 863. The van der Waals surface area contributed by atoms with E-state index in [2.05, 4.69) is 36.6 Å². The standard InChI is InChI=1S/C14H12Br2N2O5S/c15-10-7-9(8-11(16)14(10)19)5-6-17-24(22,23)13-4-2-1-3-12(13)18(20)21/h1-4,7-8,17,19H,5-6H2. The summed E-state index contributed by atoms with van der Waals surface area (Å²) in [6.45, 7) is 0.0536. The Kier molecular flexibility index (Phi) is 5.97. The molecule has 0 spiro atoms. The van der Waals surface area contributed by atoms with Gasteiger partial charge in [-0.05, 0) is 62.0 Å². The Morgan fingerprint density at radius 3 is 2.33 bits per heavy atom. The van der Waals surface area contributed by atoms with E-state index < -0.39 is 20.6 Å². The van der Waals surface area contributed by atoms with Gasteiger partial charge in [0.05, 0.1) is 13.9 Å². The number of hydrogen-bond acceptors (Lipinski definition) is 5. The maximum atomic E-state index is 12.3. The Morgan fingerprint density at radius 2 is 1.75 bits per heavy atom. The minimum Gasteiger partial charge on any atom is -0.506 e. The molecule has 2 aromatic carbocycles. The number of nitro benzene ring substituents is 1. The predicted molar refractivity (Wildman–Crippen MR) is 95.5 cm³/mol. The van der Waals surface area contributed by atoms with Crippen molar-refractivity contribution < 1.29 is 18.4 Å². The third kappa shape index (κ3) is 4.32. The molecule has 0 aliphatic heterocycles. The van der Waals surface area contributed by atoms with Gasteiger partial charge >= 0.3 is 0 Å². The van der Waals surface area contributed by atoms with E-state index in [1.54, 1.807) is 12.1 Å². The maximum absolute atomic E-state index is 12.3. The maximum Gasteiger partial charge on any atom is 0.289 e. The number of nitrogens with one attached hydrogen (secondary N) is 1. The summed E-state index contributed by atoms with van der Waals surface area (Å²) in [6, 6.07) is 8.49. The Hall–Kier alpha value is -1.49. The van der Waals surface area contributed by atoms with E-state index in [-0.39, 0.29) is 17.2 Å². The van der Waals surface area contributed by atoms with Crippen LogP contribution in [0.3, 0.4) is 0 Å². The number of benzene rings is 2. The molecular weight excluding hydrogens is 468 g/mol. The fourth-order valence-corrected chi connectivity index (χ4v) is 4.49. The molecule has 0 heterocycles. The average molecular weight is 480 g/mol. The van der Waals surface area contributed by atoms with Crippen LogP contribution in [0.5, 0.6) is 5.75 Å². The molecule has 128 valence electrons. The van der Waals surface area contributed by atoms with Crippen LogP contribution in [0.1, 0.15) is 5.56 Å². The van der Waals surface area contributed by atoms with Gasteiger partial charge in [-0.15, -0.1) is 0 Å². The molecule has 0 aromatic heterocycles. The molecule has 0 aliphatic carbocycles. The third-order valence-electron chi connectivity index (χ3n) is 3.13. The largest absolute Gasteiger partial charge is 0.506 e. The quantitative estimate of drug-likeness (QED) is 0.487. The molecule has 0 saturated heterocycles. The van der Waals surface area contributed by atoms with Gasteiger partial charge in [0.2, 0.25) is 10.0 Å². The van der Waals surface area contributed by atoms with Crippen LogP contribution in [0.25, 0.3) is 0 Å². The summed E-state index contributed by atoms with van der Waals surface area (Å²) in [5, 5.41) is 20.6. The molecule has 0 radical (unpaired) electrons. The number of aromatic hydroxyl groups is 1. The van der Waals surface area contributed by atoms with Crippen LogP contribution in [0, 0.1) is 10.1 Å². The second kappa shape index (κ2) is 7.60. The van der Waals surface area contributed by atoms with Gasteiger partial charge in [0.1, 0.15) is 5.75 Å². The zero-order chi connectivity index (χ0) is 17.9. The van der Waals surface area contributed by atoms with Crippen LogP contribution in [-0.4, -0.2) is 25.0 Å². The summed E-state index contributed by atoms with van der Waals surface area (Å²) in [6.07, 6.45) is 0.345. The second-order valence-corrected chi connectivity index (χ2v) is 8.22. The Labute approximate surface area is 155 Å². The van der Waals surface area contributed by atoms with Crippen molar-refractivity contribution in [2.75, 3.05) is 6.54 Å². The molecule has 0 unspecified atom stereocenters. The van der Waals surface area contributed by atoms with Crippen molar-refractivity contribution in [1.29, 1.82) is 0 Å². The van der Waals surface area contributed by atoms with E-state index >= 15 is 0 Å². The summed E-state index contributed by atoms with van der Waals surface area (Å²) in [5.41, 5.74) is 0.303. The topological polar surface area (TPSA) is 110 Å². The van der Waals surface area contributed by atoms with E-state index in [9.17, 15) is 23.6 Å². The van der Waals surface area contributed by atoms with Crippen molar-refractivity contribution in [3.8, 4) is 5.75 Å². The zero-order valence-electron chi connectivity index (χ0n) is 12.1. The first-order chi connectivity index (χ1) is 11.2. The van der Waals surface area contributed by atoms with E-state index in [1.807, 2.05) is 0 Å². The van der Waals surface area contributed by atoms with Gasteiger partial charge in [0.15, 0.2) is 4.90 Å². The second-order valence-electron chi connectivity index (χ2n) is 4.78. The molecular formula is C14H12Br2N2O5S. The highest BCUT2D eigenvalue weighted by Gasteiger charge is 2.24. The lowest BCUT2D eigenvalue weighted by atomic mass is 10.1. The monoisotopic (exact) mass is 478 g/mol. The number of hydrogen-bond donors (Lipinski definition) is 2. The summed E-state index contributed by atoms with van der Waals surface area (Å²) >= 11 is 6.39. The smallest absolute Gasteiger partial charge is 0.289 e. The number of phenolic OH excluding ortho intramolecular Hbond substituents is 1. The fourth-order valence-electron chi connectivity index (χ4n) is 2.01. The molecule has 0 amide bonds. The van der Waals surface area contributed by atoms with Gasteiger partial charge in [-0.2, -0.15) is 0 Å². The van der Waals surface area contributed by atoms with Crippen LogP contribution < -0.4 is 4.72 Å². The van der Waals surface area contributed by atoms with Crippen LogP contribution >= 0.6 is 31.9 Å². The Morgan fingerprint density at radius 1 is 1.17 bits per heavy atom. The zero-order valence-corrected chi connectivity index (χ0v) is 16.1. The van der Waals surface area contributed by atoms with Crippen LogP contribution in [0.15, 0.2) is 50.2 Å². The first-order valence-corrected chi connectivity index (χ1v) is 9.69. The lowest BCUT2D eigenvalue weighted by Gasteiger charge is -2.09. The first-order valence-electron chi connectivity index (χ1n) is 6.62. The summed E-state index contributed by atoms with van der Waals surface area (Å²) in [5.74, 6) is 0.0549. The van der Waals surface area contributed by atoms with E-state index in [1.165, 1.54) is 18.2 Å². The molecule has 0 bridgehead atoms. The van der Waals surface area contributed by atoms with Crippen LogP contribution in [0.4, 0.5) is 5.69 Å². The highest BCUT2D eigenvalue weighted by molar-refractivity contribution is 9.11. The van der Waals surface area contributed by atoms with Gasteiger partial charge in [-0.1, -0.05) is 12.1 Å². The molecule has 10 heteroatoms. The van der Waals surface area contributed by atoms with E-state index in [0.29, 0.717) is 15.4 Å². The van der Waals surface area contributed by atoms with Crippen molar-refractivity contribution in [3.05, 3.63) is 61.0 Å². The third-order valence-corrected chi connectivity index (χ3v) is 5.85. The summed E-state index contributed by atoms with van der Waals surface area (Å²) < 4.78 is 27.8. The molecule has 0 saturated carbocycles. The normalized spacial score (nSPS) is 11.4. The van der Waals surface area contributed by atoms with Gasteiger partial charge in [0.25, 0.3) is 5.69 Å². The van der Waals surface area contributed by atoms with E-state index in [0.717, 1.165) is 11.6 Å². The highest BCUT2D eigenvalue weighted by atomic mass is 79.9. The van der Waals surface area contributed by atoms with Gasteiger partial charge in [-0.3, -0.25) is 10.1 Å². The van der Waals surface area contributed by atoms with Crippen molar-refractivity contribution in [1.82, 2.24) is 4.72 Å². The molecule has 0 atom stereocenters. The SMILES string of the molecule is O=[N+]([O-])c1ccccc1S(=O)(=O)NCCc1cc(Br)c(O)c(Br)c1. The minimum atomic E-state index is -4.00. The molecule has 24 heavy (non-hydrogen) atoms. The first kappa shape index (κ1) is 18.8. The number of halogens is 2. The number of para-hydroxylation sites is 1. The van der Waals surface area contributed by atoms with Crippen molar-refractivity contribution >= 4 is 47.6 Å². The number of nitro groups is 1. The van der Waals surface area contributed by atoms with Gasteiger partial charge in [-0.25, -0.2) is 13.1 Å². The lowest BCUT2D eigenvalue weighted by molar-refractivity contribution is -0.387. The number of sulfonamides is 1. The molecule has 2 N–H and O–H groups in total. The van der Waals surface area contributed by atoms with Gasteiger partial charge in [0, 0.05) is 12.6 Å². The van der Waals surface area contributed by atoms with Crippen LogP contribution in [-0.2, 0) is 16.4 Å². The average Bonchev–Trinajstić information content (AvgIpc) is 2.52. The van der Waals surface area contributed by atoms with Crippen molar-refractivity contribution in [3.63, 3.8) is 0 Å². The van der Waals surface area contributed by atoms with Gasteiger partial charge < -0.3 is 5.11 Å². The van der Waals surface area contributed by atoms with Crippen LogP contribution in [0.2, 0.25) is 0 Å². The summed E-state index contributed by atoms with van der Waals surface area (Å²) in [4.78, 5) is 9.84. The predicted octanol–water partition coefficient (Wildman–Crippen LogP) is 3.35. The number of rotatable bonds is 6. The minimum absolute atomic E-state index is 0.0536. The number of nitrogens with zero attached hydrogens (tertiary/aromatic N) is 1. The number of phenols is 1. The lowest BCUT2D eigenvalue weighted by Crippen LogP contribution is -2.26. The summed E-state index contributed by atoms with van der Waals surface area (Å²) in [7, 11) is -4.00. The Balaban J connectivity index is 2.13. The van der Waals surface area contributed by atoms with E-state index in [4.69, 9.17) is 0 Å². The molecule has 0 fully saturated rings. The molecule has 0 aliphatic rings. The molecule has 7 nitrogen and oxygen atoms in total. The molecule has 2 rings (SSSR count). The van der Waals surface area contributed by atoms with Crippen molar-refractivity contribution in [2.24, 2.45) is 0 Å². The van der Waals surface area contributed by atoms with Crippen molar-refractivity contribution in [2.45, 2.75) is 11.3 Å². The highest BCUT2D eigenvalue weighted by Crippen LogP contribution is 2.33. The fraction of sp³-hybridized carbons (Fsp3) is 0.143.